The molecule has 0 saturated carbocycles. The summed E-state index contributed by atoms with van der Waals surface area (Å²) in [6.45, 7) is 5.87. The summed E-state index contributed by atoms with van der Waals surface area (Å²) in [5, 5.41) is 4.65. The number of carbonyl (C=O) groups is 2. The zero-order valence-electron chi connectivity index (χ0n) is 17.8. The standard InChI is InChI=1S/C22H23N3O5S2/c1-4-30-20(26)12-18-13-31-22(23-18)24-21(27)16-6-9-19(10-7-16)32(28,29)25-17-8-5-14(2)15(3)11-17/h5-11,13,25H,4,12H2,1-3H3,(H,23,24,27). The number of ether oxygens (including phenoxy) is 1. The Morgan fingerprint density at radius 3 is 2.44 bits per heavy atom. The van der Waals surface area contributed by atoms with E-state index in [4.69, 9.17) is 4.74 Å². The molecule has 3 rings (SSSR count). The van der Waals surface area contributed by atoms with E-state index in [1.165, 1.54) is 35.6 Å². The highest BCUT2D eigenvalue weighted by atomic mass is 32.2. The summed E-state index contributed by atoms with van der Waals surface area (Å²) in [5.74, 6) is -0.824. The summed E-state index contributed by atoms with van der Waals surface area (Å²) in [6, 6.07) is 10.9. The van der Waals surface area contributed by atoms with Crippen molar-refractivity contribution in [3.05, 3.63) is 70.2 Å². The van der Waals surface area contributed by atoms with Crippen LogP contribution in [0.3, 0.4) is 0 Å². The maximum atomic E-state index is 12.6. The third kappa shape index (κ3) is 5.92. The van der Waals surface area contributed by atoms with E-state index in [1.54, 1.807) is 24.4 Å². The Bertz CT molecular complexity index is 1230. The number of amides is 1. The second kappa shape index (κ2) is 9.92. The number of hydrogen-bond donors (Lipinski definition) is 2. The zero-order valence-corrected chi connectivity index (χ0v) is 19.5. The Balaban J connectivity index is 1.65. The number of benzene rings is 2. The van der Waals surface area contributed by atoms with Crippen LogP contribution >= 0.6 is 11.3 Å². The molecule has 8 nitrogen and oxygen atoms in total. The molecule has 0 fully saturated rings. The number of nitrogens with zero attached hydrogens (tertiary/aromatic N) is 1. The molecule has 1 heterocycles. The van der Waals surface area contributed by atoms with Crippen LogP contribution in [-0.2, 0) is 26.0 Å². The van der Waals surface area contributed by atoms with Crippen LogP contribution in [0.15, 0.2) is 52.7 Å². The predicted octanol–water partition coefficient (Wildman–Crippen LogP) is 3.92. The highest BCUT2D eigenvalue weighted by molar-refractivity contribution is 7.92. The van der Waals surface area contributed by atoms with Crippen LogP contribution in [0.2, 0.25) is 0 Å². The summed E-state index contributed by atoms with van der Waals surface area (Å²) in [6.07, 6.45) is 0.0281. The lowest BCUT2D eigenvalue weighted by atomic mass is 10.1. The lowest BCUT2D eigenvalue weighted by Crippen LogP contribution is -2.15. The molecule has 0 aliphatic rings. The van der Waals surface area contributed by atoms with Crippen molar-refractivity contribution in [3.8, 4) is 0 Å². The summed E-state index contributed by atoms with van der Waals surface area (Å²) in [5.41, 5.74) is 3.29. The van der Waals surface area contributed by atoms with Crippen LogP contribution < -0.4 is 10.0 Å². The van der Waals surface area contributed by atoms with Gasteiger partial charge in [0.15, 0.2) is 5.13 Å². The normalized spacial score (nSPS) is 11.1. The highest BCUT2D eigenvalue weighted by Gasteiger charge is 2.16. The number of anilines is 2. The van der Waals surface area contributed by atoms with Gasteiger partial charge in [-0.15, -0.1) is 11.3 Å². The molecule has 1 aromatic heterocycles. The lowest BCUT2D eigenvalue weighted by molar-refractivity contribution is -0.142. The van der Waals surface area contributed by atoms with Gasteiger partial charge in [0.1, 0.15) is 0 Å². The first-order chi connectivity index (χ1) is 15.2. The Hall–Kier alpha value is -3.24. The fraction of sp³-hybridized carbons (Fsp3) is 0.227. The van der Waals surface area contributed by atoms with Crippen molar-refractivity contribution in [2.45, 2.75) is 32.1 Å². The molecule has 2 aromatic carbocycles. The molecular weight excluding hydrogens is 450 g/mol. The zero-order chi connectivity index (χ0) is 23.3. The van der Waals surface area contributed by atoms with Crippen molar-refractivity contribution in [1.82, 2.24) is 4.98 Å². The number of esters is 1. The molecule has 0 spiro atoms. The number of nitrogens with one attached hydrogen (secondary N) is 2. The van der Waals surface area contributed by atoms with Crippen LogP contribution in [0.25, 0.3) is 0 Å². The molecule has 0 aliphatic carbocycles. The van der Waals surface area contributed by atoms with E-state index in [0.29, 0.717) is 23.1 Å². The maximum Gasteiger partial charge on any atom is 0.311 e. The molecule has 0 atom stereocenters. The van der Waals surface area contributed by atoms with Crippen LogP contribution in [-0.4, -0.2) is 31.9 Å². The van der Waals surface area contributed by atoms with Crippen LogP contribution in [0, 0.1) is 13.8 Å². The van der Waals surface area contributed by atoms with Crippen LogP contribution in [0.5, 0.6) is 0 Å². The molecular formula is C22H23N3O5S2. The number of carbonyl (C=O) groups excluding carboxylic acids is 2. The minimum Gasteiger partial charge on any atom is -0.466 e. The number of rotatable bonds is 8. The summed E-state index contributed by atoms with van der Waals surface area (Å²) in [7, 11) is -3.79. The van der Waals surface area contributed by atoms with E-state index >= 15 is 0 Å². The van der Waals surface area contributed by atoms with Crippen molar-refractivity contribution in [1.29, 1.82) is 0 Å². The second-order valence-corrected chi connectivity index (χ2v) is 9.55. The van der Waals surface area contributed by atoms with Crippen molar-refractivity contribution in [3.63, 3.8) is 0 Å². The third-order valence-corrected chi connectivity index (χ3v) is 6.79. The molecule has 168 valence electrons. The minimum absolute atomic E-state index is 0.0281. The Labute approximate surface area is 190 Å². The van der Waals surface area contributed by atoms with Gasteiger partial charge in [0, 0.05) is 16.6 Å². The Morgan fingerprint density at radius 1 is 1.06 bits per heavy atom. The van der Waals surface area contributed by atoms with Crippen LogP contribution in [0.1, 0.15) is 34.1 Å². The van der Waals surface area contributed by atoms with E-state index in [0.717, 1.165) is 11.1 Å². The second-order valence-electron chi connectivity index (χ2n) is 7.01. The van der Waals surface area contributed by atoms with E-state index in [1.807, 2.05) is 19.9 Å². The highest BCUT2D eigenvalue weighted by Crippen LogP contribution is 2.21. The molecule has 1 amide bonds. The first kappa shape index (κ1) is 23.4. The monoisotopic (exact) mass is 473 g/mol. The van der Waals surface area contributed by atoms with Gasteiger partial charge in [-0.05, 0) is 68.3 Å². The molecule has 0 aliphatic heterocycles. The fourth-order valence-electron chi connectivity index (χ4n) is 2.78. The average Bonchev–Trinajstić information content (AvgIpc) is 3.17. The first-order valence-electron chi connectivity index (χ1n) is 9.79. The number of aromatic nitrogens is 1. The van der Waals surface area contributed by atoms with Gasteiger partial charge in [-0.3, -0.25) is 19.6 Å². The van der Waals surface area contributed by atoms with Crippen molar-refractivity contribution >= 4 is 44.1 Å². The SMILES string of the molecule is CCOC(=O)Cc1csc(NC(=O)c2ccc(S(=O)(=O)Nc3ccc(C)c(C)c3)cc2)n1. The quantitative estimate of drug-likeness (QED) is 0.479. The molecule has 32 heavy (non-hydrogen) atoms. The van der Waals surface area contributed by atoms with Gasteiger partial charge in [0.05, 0.1) is 23.6 Å². The molecule has 10 heteroatoms. The van der Waals surface area contributed by atoms with Crippen molar-refractivity contribution in [2.75, 3.05) is 16.6 Å². The molecule has 2 N–H and O–H groups in total. The van der Waals surface area contributed by atoms with E-state index < -0.39 is 15.9 Å². The topological polar surface area (TPSA) is 114 Å². The van der Waals surface area contributed by atoms with Crippen molar-refractivity contribution < 1.29 is 22.7 Å². The predicted molar refractivity (Wildman–Crippen MR) is 124 cm³/mol. The molecule has 0 radical (unpaired) electrons. The molecule has 3 aromatic rings. The van der Waals surface area contributed by atoms with E-state index in [-0.39, 0.29) is 22.8 Å². The van der Waals surface area contributed by atoms with Gasteiger partial charge < -0.3 is 4.74 Å². The van der Waals surface area contributed by atoms with Crippen molar-refractivity contribution in [2.24, 2.45) is 0 Å². The van der Waals surface area contributed by atoms with Gasteiger partial charge in [-0.25, -0.2) is 13.4 Å². The number of hydrogen-bond acceptors (Lipinski definition) is 7. The summed E-state index contributed by atoms with van der Waals surface area (Å²) < 4.78 is 32.7. The summed E-state index contributed by atoms with van der Waals surface area (Å²) >= 11 is 1.19. The summed E-state index contributed by atoms with van der Waals surface area (Å²) in [4.78, 5) is 28.2. The first-order valence-corrected chi connectivity index (χ1v) is 12.2. The molecule has 0 unspecified atom stereocenters. The van der Waals surface area contributed by atoms with Gasteiger partial charge in [-0.2, -0.15) is 0 Å². The fourth-order valence-corrected chi connectivity index (χ4v) is 4.53. The number of thiazole rings is 1. The van der Waals surface area contributed by atoms with Gasteiger partial charge in [0.2, 0.25) is 0 Å². The van der Waals surface area contributed by atoms with Gasteiger partial charge >= 0.3 is 5.97 Å². The number of aryl methyl sites for hydroxylation is 2. The van der Waals surface area contributed by atoms with E-state index in [9.17, 15) is 18.0 Å². The molecule has 0 saturated heterocycles. The Kier molecular flexibility index (Phi) is 7.26. The van der Waals surface area contributed by atoms with Gasteiger partial charge in [-0.1, -0.05) is 6.07 Å². The smallest absolute Gasteiger partial charge is 0.311 e. The number of sulfonamides is 1. The van der Waals surface area contributed by atoms with Crippen LogP contribution in [0.4, 0.5) is 10.8 Å². The largest absolute Gasteiger partial charge is 0.466 e. The third-order valence-electron chi connectivity index (χ3n) is 4.59. The minimum atomic E-state index is -3.79. The molecule has 0 bridgehead atoms. The Morgan fingerprint density at radius 2 is 1.78 bits per heavy atom. The van der Waals surface area contributed by atoms with Gasteiger partial charge in [0.25, 0.3) is 15.9 Å². The lowest BCUT2D eigenvalue weighted by Gasteiger charge is -2.10. The van der Waals surface area contributed by atoms with E-state index in [2.05, 4.69) is 15.0 Å². The average molecular weight is 474 g/mol. The maximum absolute atomic E-state index is 12.6.